The van der Waals surface area contributed by atoms with E-state index >= 15 is 0 Å². The van der Waals surface area contributed by atoms with Crippen LogP contribution in [0.3, 0.4) is 0 Å². The number of aromatic nitrogens is 1. The van der Waals surface area contributed by atoms with E-state index < -0.39 is 10.2 Å². The topological polar surface area (TPSA) is 66.0 Å². The lowest BCUT2D eigenvalue weighted by Gasteiger charge is -2.58. The van der Waals surface area contributed by atoms with Crippen LogP contribution in [0, 0.1) is 5.92 Å². The number of pyridine rings is 1. The zero-order valence-electron chi connectivity index (χ0n) is 14.6. The van der Waals surface area contributed by atoms with Gasteiger partial charge in [-0.05, 0) is 38.4 Å². The van der Waals surface area contributed by atoms with Crippen LogP contribution in [-0.4, -0.2) is 79.8 Å². The summed E-state index contributed by atoms with van der Waals surface area (Å²) in [5.41, 5.74) is -0.0561. The monoisotopic (exact) mass is 354 g/mol. The minimum atomic E-state index is -3.31. The molecule has 1 atom stereocenters. The summed E-state index contributed by atoms with van der Waals surface area (Å²) in [7, 11) is 1.94. The first-order valence-electron chi connectivity index (χ1n) is 8.26. The van der Waals surface area contributed by atoms with Gasteiger partial charge in [0.1, 0.15) is 0 Å². The minimum Gasteiger partial charge on any atom is -0.477 e. The fraction of sp³-hybridized carbons (Fsp3) is 0.688. The Hall–Kier alpha value is -1.22. The SMILES string of the molecule is CN1CCC(COc2ccccn2)CC12CN(S(=O)(=O)N(C)C)C2. The van der Waals surface area contributed by atoms with E-state index in [-0.39, 0.29) is 5.54 Å². The Morgan fingerprint density at radius 2 is 2.12 bits per heavy atom. The van der Waals surface area contributed by atoms with Crippen LogP contribution in [0.25, 0.3) is 0 Å². The molecule has 24 heavy (non-hydrogen) atoms. The second-order valence-electron chi connectivity index (χ2n) is 7.04. The highest BCUT2D eigenvalue weighted by molar-refractivity contribution is 7.86. The Morgan fingerprint density at radius 3 is 2.75 bits per heavy atom. The Balaban J connectivity index is 1.59. The highest BCUT2D eigenvalue weighted by Gasteiger charge is 2.53. The number of rotatable bonds is 5. The molecule has 7 nitrogen and oxygen atoms in total. The van der Waals surface area contributed by atoms with Gasteiger partial charge >= 0.3 is 0 Å². The van der Waals surface area contributed by atoms with Gasteiger partial charge in [0.25, 0.3) is 10.2 Å². The maximum atomic E-state index is 12.2. The lowest BCUT2D eigenvalue weighted by atomic mass is 9.77. The first kappa shape index (κ1) is 17.6. The standard InChI is InChI=1S/C16H26N4O3S/c1-18(2)24(21,22)20-12-16(13-20)10-14(7-9-19(16)3)11-23-15-6-4-5-8-17-15/h4-6,8,14H,7,9-13H2,1-3H3. The number of hydrogen-bond donors (Lipinski definition) is 0. The van der Waals surface area contributed by atoms with E-state index in [9.17, 15) is 8.42 Å². The number of likely N-dealkylation sites (N-methyl/N-ethyl adjacent to an activating group) is 1. The van der Waals surface area contributed by atoms with Crippen LogP contribution in [0.2, 0.25) is 0 Å². The number of likely N-dealkylation sites (tertiary alicyclic amines) is 1. The van der Waals surface area contributed by atoms with Gasteiger partial charge in [0.2, 0.25) is 5.88 Å². The molecule has 2 saturated heterocycles. The molecule has 0 radical (unpaired) electrons. The predicted octanol–water partition coefficient (Wildman–Crippen LogP) is 0.663. The van der Waals surface area contributed by atoms with Gasteiger partial charge in [-0.15, -0.1) is 0 Å². The molecule has 134 valence electrons. The number of ether oxygens (including phenoxy) is 1. The molecule has 0 aliphatic carbocycles. The lowest BCUT2D eigenvalue weighted by molar-refractivity contribution is -0.0513. The maximum absolute atomic E-state index is 12.2. The smallest absolute Gasteiger partial charge is 0.281 e. The molecule has 2 fully saturated rings. The van der Waals surface area contributed by atoms with Crippen molar-refractivity contribution in [2.45, 2.75) is 18.4 Å². The average Bonchev–Trinajstić information content (AvgIpc) is 2.52. The third-order valence-corrected chi connectivity index (χ3v) is 7.02. The molecule has 0 amide bonds. The molecular weight excluding hydrogens is 328 g/mol. The van der Waals surface area contributed by atoms with Gasteiger partial charge in [0, 0.05) is 45.0 Å². The van der Waals surface area contributed by atoms with Crippen LogP contribution in [0.1, 0.15) is 12.8 Å². The quantitative estimate of drug-likeness (QED) is 0.777. The van der Waals surface area contributed by atoms with Gasteiger partial charge in [-0.3, -0.25) is 4.90 Å². The van der Waals surface area contributed by atoms with Crippen LogP contribution in [0.4, 0.5) is 0 Å². The van der Waals surface area contributed by atoms with E-state index in [1.54, 1.807) is 24.6 Å². The van der Waals surface area contributed by atoms with Gasteiger partial charge in [0.05, 0.1) is 6.61 Å². The summed E-state index contributed by atoms with van der Waals surface area (Å²) < 4.78 is 33.1. The van der Waals surface area contributed by atoms with Crippen molar-refractivity contribution in [3.63, 3.8) is 0 Å². The third kappa shape index (κ3) is 3.28. The number of nitrogens with zero attached hydrogens (tertiary/aromatic N) is 4. The summed E-state index contributed by atoms with van der Waals surface area (Å²) in [6.45, 7) is 2.72. The fourth-order valence-electron chi connectivity index (χ4n) is 3.56. The van der Waals surface area contributed by atoms with Crippen molar-refractivity contribution in [2.75, 3.05) is 47.4 Å². The fourth-order valence-corrected chi connectivity index (χ4v) is 4.83. The molecule has 1 spiro atoms. The molecule has 0 bridgehead atoms. The average molecular weight is 354 g/mol. The van der Waals surface area contributed by atoms with E-state index in [0.717, 1.165) is 19.4 Å². The van der Waals surface area contributed by atoms with E-state index in [1.807, 2.05) is 18.2 Å². The van der Waals surface area contributed by atoms with Crippen molar-refractivity contribution >= 4 is 10.2 Å². The van der Waals surface area contributed by atoms with Crippen LogP contribution in [0.15, 0.2) is 24.4 Å². The van der Waals surface area contributed by atoms with Crippen molar-refractivity contribution in [3.8, 4) is 5.88 Å². The van der Waals surface area contributed by atoms with Crippen LogP contribution in [0.5, 0.6) is 5.88 Å². The van der Waals surface area contributed by atoms with Crippen LogP contribution in [-0.2, 0) is 10.2 Å². The molecule has 1 unspecified atom stereocenters. The van der Waals surface area contributed by atoms with Gasteiger partial charge in [-0.25, -0.2) is 4.98 Å². The highest BCUT2D eigenvalue weighted by Crippen LogP contribution is 2.39. The first-order chi connectivity index (χ1) is 11.3. The van der Waals surface area contributed by atoms with Crippen molar-refractivity contribution in [1.29, 1.82) is 0 Å². The van der Waals surface area contributed by atoms with E-state index in [1.165, 1.54) is 4.31 Å². The van der Waals surface area contributed by atoms with E-state index in [2.05, 4.69) is 16.9 Å². The van der Waals surface area contributed by atoms with Gasteiger partial charge < -0.3 is 4.74 Å². The van der Waals surface area contributed by atoms with E-state index in [4.69, 9.17) is 4.74 Å². The van der Waals surface area contributed by atoms with Crippen molar-refractivity contribution < 1.29 is 13.2 Å². The Bertz CT molecular complexity index is 659. The van der Waals surface area contributed by atoms with Gasteiger partial charge in [-0.2, -0.15) is 17.0 Å². The largest absolute Gasteiger partial charge is 0.477 e. The van der Waals surface area contributed by atoms with Crippen molar-refractivity contribution in [3.05, 3.63) is 24.4 Å². The molecule has 2 aliphatic heterocycles. The van der Waals surface area contributed by atoms with Crippen LogP contribution < -0.4 is 4.74 Å². The summed E-state index contributed by atoms with van der Waals surface area (Å²) in [6, 6.07) is 5.64. The Morgan fingerprint density at radius 1 is 1.38 bits per heavy atom. The zero-order chi connectivity index (χ0) is 17.4. The predicted molar refractivity (Wildman–Crippen MR) is 92.0 cm³/mol. The summed E-state index contributed by atoms with van der Waals surface area (Å²) >= 11 is 0. The van der Waals surface area contributed by atoms with Crippen molar-refractivity contribution in [1.82, 2.24) is 18.5 Å². The molecule has 3 heterocycles. The lowest BCUT2D eigenvalue weighted by Crippen LogP contribution is -2.73. The van der Waals surface area contributed by atoms with Crippen molar-refractivity contribution in [2.24, 2.45) is 5.92 Å². The second kappa shape index (κ2) is 6.59. The zero-order valence-corrected chi connectivity index (χ0v) is 15.4. The Kier molecular flexibility index (Phi) is 4.83. The molecule has 0 aromatic carbocycles. The normalized spacial score (nSPS) is 24.9. The second-order valence-corrected chi connectivity index (χ2v) is 9.18. The molecule has 0 saturated carbocycles. The molecule has 3 rings (SSSR count). The van der Waals surface area contributed by atoms with Gasteiger partial charge in [-0.1, -0.05) is 6.07 Å². The molecular formula is C16H26N4O3S. The van der Waals surface area contributed by atoms with Crippen LogP contribution >= 0.6 is 0 Å². The maximum Gasteiger partial charge on any atom is 0.281 e. The summed E-state index contributed by atoms with van der Waals surface area (Å²) in [5.74, 6) is 1.07. The number of piperidine rings is 1. The summed E-state index contributed by atoms with van der Waals surface area (Å²) in [5, 5.41) is 0. The highest BCUT2D eigenvalue weighted by atomic mass is 32.2. The minimum absolute atomic E-state index is 0.0561. The molecule has 8 heteroatoms. The molecule has 1 aromatic heterocycles. The Labute approximate surface area is 144 Å². The summed E-state index contributed by atoms with van der Waals surface area (Å²) in [6.07, 6.45) is 3.74. The molecule has 1 aromatic rings. The first-order valence-corrected chi connectivity index (χ1v) is 9.66. The summed E-state index contributed by atoms with van der Waals surface area (Å²) in [4.78, 5) is 6.50. The number of hydrogen-bond acceptors (Lipinski definition) is 5. The van der Waals surface area contributed by atoms with Gasteiger partial charge in [0.15, 0.2) is 0 Å². The molecule has 2 aliphatic rings. The van der Waals surface area contributed by atoms with E-state index in [0.29, 0.717) is 31.5 Å². The third-order valence-electron chi connectivity index (χ3n) is 5.18. The molecule has 0 N–H and O–H groups in total.